The summed E-state index contributed by atoms with van der Waals surface area (Å²) in [7, 11) is -3.75. The van der Waals surface area contributed by atoms with Gasteiger partial charge in [0.05, 0.1) is 29.4 Å². The quantitative estimate of drug-likeness (QED) is 0.671. The summed E-state index contributed by atoms with van der Waals surface area (Å²) in [6, 6.07) is 2.09. The van der Waals surface area contributed by atoms with Crippen LogP contribution in [0.2, 0.25) is 5.02 Å². The van der Waals surface area contributed by atoms with Crippen molar-refractivity contribution in [1.82, 2.24) is 10.3 Å². The lowest BCUT2D eigenvalue weighted by molar-refractivity contribution is 0.0479. The van der Waals surface area contributed by atoms with E-state index in [0.29, 0.717) is 16.5 Å². The van der Waals surface area contributed by atoms with Crippen LogP contribution in [0.4, 0.5) is 9.18 Å². The van der Waals surface area contributed by atoms with Gasteiger partial charge in [-0.2, -0.15) is 8.42 Å². The average Bonchev–Trinajstić information content (AvgIpc) is 3.01. The van der Waals surface area contributed by atoms with Gasteiger partial charge in [-0.05, 0) is 38.5 Å². The summed E-state index contributed by atoms with van der Waals surface area (Å²) in [5, 5.41) is 3.09. The fraction of sp³-hybridized carbons (Fsp3) is 0.500. The third-order valence-electron chi connectivity index (χ3n) is 4.02. The van der Waals surface area contributed by atoms with Gasteiger partial charge in [-0.15, -0.1) is 0 Å². The molecular weight excluding hydrogens is 411 g/mol. The van der Waals surface area contributed by atoms with Crippen molar-refractivity contribution in [3.8, 4) is 0 Å². The maximum absolute atomic E-state index is 14.3. The van der Waals surface area contributed by atoms with Gasteiger partial charge in [-0.3, -0.25) is 4.18 Å². The van der Waals surface area contributed by atoms with Gasteiger partial charge in [0.1, 0.15) is 11.4 Å². The summed E-state index contributed by atoms with van der Waals surface area (Å²) in [6.45, 7) is 6.49. The summed E-state index contributed by atoms with van der Waals surface area (Å²) >= 11 is 6.01. The average molecular weight is 435 g/mol. The monoisotopic (exact) mass is 434 g/mol. The first-order valence-corrected chi connectivity index (χ1v) is 10.8. The van der Waals surface area contributed by atoms with Crippen LogP contribution in [-0.4, -0.2) is 44.0 Å². The zero-order valence-corrected chi connectivity index (χ0v) is 17.9. The van der Waals surface area contributed by atoms with Crippen LogP contribution < -0.4 is 5.32 Å². The predicted molar refractivity (Wildman–Crippen MR) is 106 cm³/mol. The molecule has 1 heterocycles. The van der Waals surface area contributed by atoms with Crippen LogP contribution in [0.5, 0.6) is 0 Å². The Labute approximate surface area is 168 Å². The van der Waals surface area contributed by atoms with Gasteiger partial charge in [0, 0.05) is 17.5 Å². The molecule has 0 aliphatic carbocycles. The van der Waals surface area contributed by atoms with Crippen LogP contribution in [0.15, 0.2) is 18.3 Å². The molecule has 2 aromatic rings. The van der Waals surface area contributed by atoms with Crippen molar-refractivity contribution < 1.29 is 26.5 Å². The lowest BCUT2D eigenvalue weighted by Gasteiger charge is -2.27. The Hall–Kier alpha value is -1.84. The number of aromatic nitrogens is 1. The molecule has 0 bridgehead atoms. The number of carbonyl (C=O) groups is 1. The van der Waals surface area contributed by atoms with Gasteiger partial charge in [-0.25, -0.2) is 9.18 Å². The summed E-state index contributed by atoms with van der Waals surface area (Å²) in [6.07, 6.45) is 1.79. The molecule has 0 aliphatic heterocycles. The number of carbonyl (C=O) groups excluding carboxylic acids is 1. The number of halogens is 2. The van der Waals surface area contributed by atoms with Crippen LogP contribution in [0, 0.1) is 5.82 Å². The lowest BCUT2D eigenvalue weighted by atomic mass is 9.92. The van der Waals surface area contributed by atoms with E-state index in [1.54, 1.807) is 40.0 Å². The van der Waals surface area contributed by atoms with Crippen LogP contribution in [0.1, 0.15) is 39.2 Å². The molecule has 2 rings (SSSR count). The minimum atomic E-state index is -3.75. The highest BCUT2D eigenvalue weighted by Gasteiger charge is 2.28. The topological polar surface area (TPSA) is 97.5 Å². The number of amides is 1. The van der Waals surface area contributed by atoms with Crippen molar-refractivity contribution in [2.75, 3.05) is 12.9 Å². The number of benzene rings is 1. The number of H-pyrrole nitrogens is 1. The van der Waals surface area contributed by atoms with Crippen molar-refractivity contribution in [2.24, 2.45) is 0 Å². The third-order valence-corrected chi connectivity index (χ3v) is 4.97. The number of ether oxygens (including phenoxy) is 1. The highest BCUT2D eigenvalue weighted by molar-refractivity contribution is 7.85. The van der Waals surface area contributed by atoms with E-state index in [-0.39, 0.29) is 11.6 Å². The zero-order chi connectivity index (χ0) is 21.3. The molecular formula is C18H24ClFN2O5S. The SMILES string of the molecule is CC(c1cc(F)c(Cl)c2cc[nH]c12)C(COS(C)(=O)=O)NC(=O)OC(C)(C)C. The van der Waals surface area contributed by atoms with Crippen LogP contribution in [0.25, 0.3) is 10.9 Å². The number of fused-ring (bicyclic) bond motifs is 1. The highest BCUT2D eigenvalue weighted by atomic mass is 35.5. The van der Waals surface area contributed by atoms with E-state index in [4.69, 9.17) is 20.5 Å². The Morgan fingerprint density at radius 1 is 1.39 bits per heavy atom. The lowest BCUT2D eigenvalue weighted by Crippen LogP contribution is -2.44. The molecule has 0 saturated carbocycles. The third kappa shape index (κ3) is 5.83. The van der Waals surface area contributed by atoms with Gasteiger partial charge in [0.25, 0.3) is 10.1 Å². The molecule has 1 aromatic heterocycles. The standard InChI is InChI=1S/C18H24ClFN2O5S/c1-10(12-8-13(20)15(19)11-6-7-21-16(11)12)14(9-26-28(5,24)25)22-17(23)27-18(2,3)4/h6-8,10,14,21H,9H2,1-5H3,(H,22,23). The predicted octanol–water partition coefficient (Wildman–Crippen LogP) is 3.93. The van der Waals surface area contributed by atoms with Crippen LogP contribution in [-0.2, 0) is 19.0 Å². The molecule has 10 heteroatoms. The Balaban J connectivity index is 2.38. The van der Waals surface area contributed by atoms with Gasteiger partial charge in [-0.1, -0.05) is 18.5 Å². The van der Waals surface area contributed by atoms with E-state index in [1.807, 2.05) is 0 Å². The Morgan fingerprint density at radius 3 is 2.61 bits per heavy atom. The fourth-order valence-corrected chi connectivity index (χ4v) is 3.34. The van der Waals surface area contributed by atoms with Gasteiger partial charge in [0.2, 0.25) is 0 Å². The maximum Gasteiger partial charge on any atom is 0.407 e. The van der Waals surface area contributed by atoms with Gasteiger partial charge in [0.15, 0.2) is 0 Å². The molecule has 7 nitrogen and oxygen atoms in total. The minimum absolute atomic E-state index is 0.0174. The molecule has 0 spiro atoms. The number of rotatable bonds is 6. The van der Waals surface area contributed by atoms with Crippen molar-refractivity contribution in [2.45, 2.75) is 45.3 Å². The Morgan fingerprint density at radius 2 is 2.04 bits per heavy atom. The van der Waals surface area contributed by atoms with Crippen molar-refractivity contribution in [3.63, 3.8) is 0 Å². The maximum atomic E-state index is 14.3. The minimum Gasteiger partial charge on any atom is -0.444 e. The molecule has 2 unspecified atom stereocenters. The van der Waals surface area contributed by atoms with Gasteiger partial charge < -0.3 is 15.0 Å². The van der Waals surface area contributed by atoms with Crippen molar-refractivity contribution >= 4 is 38.7 Å². The van der Waals surface area contributed by atoms with Crippen molar-refractivity contribution in [3.05, 3.63) is 34.7 Å². The van der Waals surface area contributed by atoms with E-state index >= 15 is 0 Å². The highest BCUT2D eigenvalue weighted by Crippen LogP contribution is 2.34. The van der Waals surface area contributed by atoms with E-state index in [2.05, 4.69) is 10.3 Å². The Bertz CT molecular complexity index is 968. The molecule has 28 heavy (non-hydrogen) atoms. The smallest absolute Gasteiger partial charge is 0.407 e. The molecule has 2 N–H and O–H groups in total. The number of alkyl carbamates (subject to hydrolysis) is 1. The number of aromatic amines is 1. The van der Waals surface area contributed by atoms with E-state index < -0.39 is 39.6 Å². The van der Waals surface area contributed by atoms with Gasteiger partial charge >= 0.3 is 6.09 Å². The molecule has 1 amide bonds. The molecule has 156 valence electrons. The fourth-order valence-electron chi connectivity index (χ4n) is 2.73. The van der Waals surface area contributed by atoms with E-state index in [9.17, 15) is 17.6 Å². The van der Waals surface area contributed by atoms with E-state index in [1.165, 1.54) is 6.07 Å². The normalized spacial score (nSPS) is 14.7. The summed E-state index contributed by atoms with van der Waals surface area (Å²) in [5.74, 6) is -1.14. The summed E-state index contributed by atoms with van der Waals surface area (Å²) in [5.41, 5.74) is 0.364. The van der Waals surface area contributed by atoms with E-state index in [0.717, 1.165) is 6.26 Å². The molecule has 1 aromatic carbocycles. The number of hydrogen-bond acceptors (Lipinski definition) is 5. The zero-order valence-electron chi connectivity index (χ0n) is 16.3. The number of nitrogens with one attached hydrogen (secondary N) is 2. The van der Waals surface area contributed by atoms with Crippen molar-refractivity contribution in [1.29, 1.82) is 0 Å². The first-order valence-electron chi connectivity index (χ1n) is 8.57. The largest absolute Gasteiger partial charge is 0.444 e. The second-order valence-corrected chi connectivity index (χ2v) is 9.58. The molecule has 2 atom stereocenters. The molecule has 0 fully saturated rings. The molecule has 0 radical (unpaired) electrons. The molecule has 0 aliphatic rings. The second kappa shape index (κ2) is 8.26. The molecule has 0 saturated heterocycles. The summed E-state index contributed by atoms with van der Waals surface area (Å²) in [4.78, 5) is 15.2. The van der Waals surface area contributed by atoms with Crippen LogP contribution >= 0.6 is 11.6 Å². The second-order valence-electron chi connectivity index (χ2n) is 7.56. The van der Waals surface area contributed by atoms with Crippen LogP contribution in [0.3, 0.4) is 0 Å². The summed E-state index contributed by atoms with van der Waals surface area (Å²) < 4.78 is 47.3. The Kier molecular flexibility index (Phi) is 6.62. The first-order chi connectivity index (χ1) is 12.8. The number of hydrogen-bond donors (Lipinski definition) is 2. The first kappa shape index (κ1) is 22.4.